The number of hydrogen-bond donors (Lipinski definition) is 1. The fraction of sp³-hybridized carbons (Fsp3) is 0.222. The van der Waals surface area contributed by atoms with Gasteiger partial charge in [-0.05, 0) is 49.7 Å². The van der Waals surface area contributed by atoms with Crippen LogP contribution in [0.15, 0.2) is 42.5 Å². The number of hydrogen-bond acceptors (Lipinski definition) is 5. The maximum Gasteiger partial charge on any atom is 0.262 e. The minimum Gasteiger partial charge on any atom is -0.545 e. The Hall–Kier alpha value is -3.02. The van der Waals surface area contributed by atoms with E-state index in [9.17, 15) is 14.7 Å². The number of aryl methyl sites for hydroxylation is 1. The molecule has 2 rings (SSSR count). The predicted molar refractivity (Wildman–Crippen MR) is 87.2 cm³/mol. The Morgan fingerprint density at radius 1 is 1.08 bits per heavy atom. The van der Waals surface area contributed by atoms with E-state index in [0.717, 1.165) is 5.56 Å². The number of rotatable bonds is 7. The molecule has 0 heterocycles. The standard InChI is InChI=1S/C18H19NO5/c1-3-23-16-10-13(18(21)22)7-8-15(16)24-11-17(20)19-14-6-4-5-12(2)9-14/h4-10H,3,11H2,1-2H3,(H,19,20)(H,21,22)/p-1. The van der Waals surface area contributed by atoms with Crippen molar-refractivity contribution < 1.29 is 24.2 Å². The normalized spacial score (nSPS) is 10.1. The molecular weight excluding hydrogens is 310 g/mol. The smallest absolute Gasteiger partial charge is 0.262 e. The monoisotopic (exact) mass is 328 g/mol. The lowest BCUT2D eigenvalue weighted by Crippen LogP contribution is -2.22. The van der Waals surface area contributed by atoms with Crippen molar-refractivity contribution in [3.63, 3.8) is 0 Å². The van der Waals surface area contributed by atoms with Gasteiger partial charge in [-0.25, -0.2) is 0 Å². The molecule has 2 aromatic rings. The van der Waals surface area contributed by atoms with Gasteiger partial charge in [-0.2, -0.15) is 0 Å². The number of nitrogens with one attached hydrogen (secondary N) is 1. The van der Waals surface area contributed by atoms with Gasteiger partial charge >= 0.3 is 0 Å². The maximum atomic E-state index is 12.0. The van der Waals surface area contributed by atoms with Crippen molar-refractivity contribution in [3.05, 3.63) is 53.6 Å². The molecule has 1 amide bonds. The molecule has 0 radical (unpaired) electrons. The van der Waals surface area contributed by atoms with Crippen LogP contribution in [0, 0.1) is 6.92 Å². The van der Waals surface area contributed by atoms with E-state index in [1.54, 1.807) is 13.0 Å². The third kappa shape index (κ3) is 4.74. The zero-order valence-electron chi connectivity index (χ0n) is 13.5. The van der Waals surface area contributed by atoms with Crippen LogP contribution in [-0.4, -0.2) is 25.1 Å². The van der Waals surface area contributed by atoms with Crippen molar-refractivity contribution in [1.82, 2.24) is 0 Å². The van der Waals surface area contributed by atoms with E-state index >= 15 is 0 Å². The maximum absolute atomic E-state index is 12.0. The molecule has 6 nitrogen and oxygen atoms in total. The topological polar surface area (TPSA) is 87.7 Å². The average Bonchev–Trinajstić information content (AvgIpc) is 2.53. The minimum atomic E-state index is -1.31. The minimum absolute atomic E-state index is 0.0185. The van der Waals surface area contributed by atoms with E-state index in [-0.39, 0.29) is 23.8 Å². The van der Waals surface area contributed by atoms with E-state index in [0.29, 0.717) is 18.0 Å². The number of carbonyl (C=O) groups is 2. The molecule has 0 aliphatic rings. The van der Waals surface area contributed by atoms with Crippen LogP contribution in [0.4, 0.5) is 5.69 Å². The summed E-state index contributed by atoms with van der Waals surface area (Å²) in [7, 11) is 0. The van der Waals surface area contributed by atoms with Crippen molar-refractivity contribution in [1.29, 1.82) is 0 Å². The molecule has 0 saturated carbocycles. The first-order chi connectivity index (χ1) is 11.5. The second-order valence-corrected chi connectivity index (χ2v) is 5.09. The highest BCUT2D eigenvalue weighted by Gasteiger charge is 2.10. The fourth-order valence-corrected chi connectivity index (χ4v) is 2.09. The molecular formula is C18H18NO5-. The molecule has 6 heteroatoms. The first kappa shape index (κ1) is 17.3. The number of aromatic carboxylic acids is 1. The second-order valence-electron chi connectivity index (χ2n) is 5.09. The summed E-state index contributed by atoms with van der Waals surface area (Å²) in [5.41, 5.74) is 1.70. The molecule has 0 aliphatic heterocycles. The molecule has 0 fully saturated rings. The lowest BCUT2D eigenvalue weighted by molar-refractivity contribution is -0.255. The lowest BCUT2D eigenvalue weighted by Gasteiger charge is -2.14. The van der Waals surface area contributed by atoms with E-state index in [2.05, 4.69) is 5.32 Å². The van der Waals surface area contributed by atoms with Gasteiger partial charge in [0.15, 0.2) is 18.1 Å². The summed E-state index contributed by atoms with van der Waals surface area (Å²) < 4.78 is 10.8. The van der Waals surface area contributed by atoms with E-state index in [1.165, 1.54) is 18.2 Å². The molecule has 2 aromatic carbocycles. The van der Waals surface area contributed by atoms with Gasteiger partial charge in [0.2, 0.25) is 0 Å². The van der Waals surface area contributed by atoms with E-state index in [1.807, 2.05) is 25.1 Å². The molecule has 0 aliphatic carbocycles. The van der Waals surface area contributed by atoms with Gasteiger partial charge in [-0.1, -0.05) is 12.1 Å². The van der Waals surface area contributed by atoms with Crippen LogP contribution in [-0.2, 0) is 4.79 Å². The van der Waals surface area contributed by atoms with Crippen molar-refractivity contribution in [2.24, 2.45) is 0 Å². The number of ether oxygens (including phenoxy) is 2. The third-order valence-electron chi connectivity index (χ3n) is 3.14. The SMILES string of the molecule is CCOc1cc(C(=O)[O-])ccc1OCC(=O)Nc1cccc(C)c1. The van der Waals surface area contributed by atoms with Gasteiger partial charge in [-0.15, -0.1) is 0 Å². The van der Waals surface area contributed by atoms with Crippen LogP contribution >= 0.6 is 0 Å². The summed E-state index contributed by atoms with van der Waals surface area (Å²) in [6.07, 6.45) is 0. The lowest BCUT2D eigenvalue weighted by atomic mass is 10.2. The second kappa shape index (κ2) is 8.01. The molecule has 0 unspecified atom stereocenters. The number of amides is 1. The van der Waals surface area contributed by atoms with Crippen molar-refractivity contribution >= 4 is 17.6 Å². The van der Waals surface area contributed by atoms with Crippen LogP contribution in [0.25, 0.3) is 0 Å². The largest absolute Gasteiger partial charge is 0.545 e. The Morgan fingerprint density at radius 3 is 2.54 bits per heavy atom. The van der Waals surface area contributed by atoms with Gasteiger partial charge in [0.25, 0.3) is 5.91 Å². The van der Waals surface area contributed by atoms with Gasteiger partial charge in [0.05, 0.1) is 12.6 Å². The number of carboxylic acids is 1. The molecule has 1 N–H and O–H groups in total. The highest BCUT2D eigenvalue weighted by molar-refractivity contribution is 5.92. The Bertz CT molecular complexity index is 742. The number of anilines is 1. The van der Waals surface area contributed by atoms with Crippen LogP contribution in [0.5, 0.6) is 11.5 Å². The quantitative estimate of drug-likeness (QED) is 0.837. The van der Waals surface area contributed by atoms with Gasteiger partial charge in [-0.3, -0.25) is 4.79 Å². The summed E-state index contributed by atoms with van der Waals surface area (Å²) in [6, 6.07) is 11.5. The summed E-state index contributed by atoms with van der Waals surface area (Å²) >= 11 is 0. The zero-order chi connectivity index (χ0) is 17.5. The van der Waals surface area contributed by atoms with Crippen molar-refractivity contribution in [2.45, 2.75) is 13.8 Å². The van der Waals surface area contributed by atoms with Crippen molar-refractivity contribution in [3.8, 4) is 11.5 Å². The molecule has 0 bridgehead atoms. The number of benzene rings is 2. The van der Waals surface area contributed by atoms with Crippen LogP contribution in [0.2, 0.25) is 0 Å². The summed E-state index contributed by atoms with van der Waals surface area (Å²) in [5, 5.41) is 13.6. The van der Waals surface area contributed by atoms with Crippen molar-refractivity contribution in [2.75, 3.05) is 18.5 Å². The summed E-state index contributed by atoms with van der Waals surface area (Å²) in [4.78, 5) is 22.9. The van der Waals surface area contributed by atoms with E-state index < -0.39 is 5.97 Å². The molecule has 0 saturated heterocycles. The highest BCUT2D eigenvalue weighted by atomic mass is 16.5. The highest BCUT2D eigenvalue weighted by Crippen LogP contribution is 2.28. The first-order valence-corrected chi connectivity index (χ1v) is 7.47. The Morgan fingerprint density at radius 2 is 1.88 bits per heavy atom. The average molecular weight is 328 g/mol. The Balaban J connectivity index is 2.02. The summed E-state index contributed by atoms with van der Waals surface area (Å²) in [6.45, 7) is 3.81. The van der Waals surface area contributed by atoms with Crippen LogP contribution in [0.3, 0.4) is 0 Å². The Kier molecular flexibility index (Phi) is 5.78. The fourth-order valence-electron chi connectivity index (χ4n) is 2.09. The summed E-state index contributed by atoms with van der Waals surface area (Å²) in [5.74, 6) is -1.09. The molecule has 126 valence electrons. The molecule has 0 aromatic heterocycles. The zero-order valence-corrected chi connectivity index (χ0v) is 13.5. The van der Waals surface area contributed by atoms with Gasteiger partial charge in [0, 0.05) is 11.3 Å². The van der Waals surface area contributed by atoms with Crippen LogP contribution < -0.4 is 19.9 Å². The molecule has 24 heavy (non-hydrogen) atoms. The van der Waals surface area contributed by atoms with Crippen LogP contribution in [0.1, 0.15) is 22.8 Å². The first-order valence-electron chi connectivity index (χ1n) is 7.47. The van der Waals surface area contributed by atoms with Gasteiger partial charge < -0.3 is 24.7 Å². The molecule has 0 atom stereocenters. The van der Waals surface area contributed by atoms with E-state index in [4.69, 9.17) is 9.47 Å². The number of carboxylic acid groups (broad SMARTS) is 1. The Labute approximate surface area is 140 Å². The molecule has 0 spiro atoms. The van der Waals surface area contributed by atoms with Gasteiger partial charge in [0.1, 0.15) is 0 Å². The predicted octanol–water partition coefficient (Wildman–Crippen LogP) is 1.77. The third-order valence-corrected chi connectivity index (χ3v) is 3.14. The number of carbonyl (C=O) groups excluding carboxylic acids is 2.